The molecule has 0 aromatic heterocycles. The van der Waals surface area contributed by atoms with Gasteiger partial charge in [0.05, 0.1) is 6.61 Å². The van der Waals surface area contributed by atoms with Gasteiger partial charge in [0.2, 0.25) is 5.75 Å². The Kier molecular flexibility index (Phi) is 3.53. The normalized spacial score (nSPS) is 12.9. The zero-order chi connectivity index (χ0) is 10.5. The van der Waals surface area contributed by atoms with Crippen LogP contribution in [-0.2, 0) is 0 Å². The van der Waals surface area contributed by atoms with E-state index in [0.717, 1.165) is 12.8 Å². The standard InChI is InChI=1S/C10H12ClNO3/c11-6-1-2-7-13-8-4-3-5-9-10(8)15-12-14-9/h3-5,12H,1-2,6-7H2. The van der Waals surface area contributed by atoms with Crippen molar-refractivity contribution in [2.75, 3.05) is 12.5 Å². The Labute approximate surface area is 93.0 Å². The molecule has 15 heavy (non-hydrogen) atoms. The smallest absolute Gasteiger partial charge is 0.237 e. The van der Waals surface area contributed by atoms with E-state index in [0.29, 0.717) is 29.7 Å². The predicted octanol–water partition coefficient (Wildman–Crippen LogP) is 2.28. The molecule has 1 aromatic rings. The predicted molar refractivity (Wildman–Crippen MR) is 56.3 cm³/mol. The van der Waals surface area contributed by atoms with E-state index in [1.54, 1.807) is 6.07 Å². The van der Waals surface area contributed by atoms with Crippen molar-refractivity contribution in [1.29, 1.82) is 0 Å². The van der Waals surface area contributed by atoms with E-state index in [-0.39, 0.29) is 0 Å². The summed E-state index contributed by atoms with van der Waals surface area (Å²) in [4.78, 5) is 10.1. The summed E-state index contributed by atoms with van der Waals surface area (Å²) >= 11 is 5.57. The van der Waals surface area contributed by atoms with Gasteiger partial charge in [0.15, 0.2) is 11.5 Å². The van der Waals surface area contributed by atoms with Gasteiger partial charge < -0.3 is 14.4 Å². The molecule has 1 heterocycles. The molecule has 0 amide bonds. The molecule has 4 nitrogen and oxygen atoms in total. The fourth-order valence-corrected chi connectivity index (χ4v) is 1.47. The van der Waals surface area contributed by atoms with Gasteiger partial charge in [-0.25, -0.2) is 0 Å². The number of benzene rings is 1. The second kappa shape index (κ2) is 5.09. The number of alkyl halides is 1. The number of hydrogen-bond acceptors (Lipinski definition) is 4. The fourth-order valence-electron chi connectivity index (χ4n) is 1.28. The second-order valence-electron chi connectivity index (χ2n) is 3.12. The number of fused-ring (bicyclic) bond motifs is 1. The molecule has 0 saturated carbocycles. The Balaban J connectivity index is 1.94. The summed E-state index contributed by atoms with van der Waals surface area (Å²) < 4.78 is 5.55. The van der Waals surface area contributed by atoms with E-state index in [1.807, 2.05) is 12.1 Å². The highest BCUT2D eigenvalue weighted by molar-refractivity contribution is 6.17. The summed E-state index contributed by atoms with van der Waals surface area (Å²) in [5.74, 6) is 2.59. The van der Waals surface area contributed by atoms with Crippen molar-refractivity contribution in [2.24, 2.45) is 0 Å². The molecule has 2 rings (SSSR count). The lowest BCUT2D eigenvalue weighted by Crippen LogP contribution is -2.14. The molecule has 0 saturated heterocycles. The van der Waals surface area contributed by atoms with Crippen LogP contribution >= 0.6 is 11.6 Å². The summed E-state index contributed by atoms with van der Waals surface area (Å²) in [7, 11) is 0. The van der Waals surface area contributed by atoms with Crippen molar-refractivity contribution in [3.8, 4) is 17.2 Å². The first kappa shape index (κ1) is 10.4. The molecular weight excluding hydrogens is 218 g/mol. The Morgan fingerprint density at radius 1 is 1.27 bits per heavy atom. The molecule has 0 atom stereocenters. The Bertz CT molecular complexity index is 332. The van der Waals surface area contributed by atoms with Crippen LogP contribution in [0.2, 0.25) is 0 Å². The zero-order valence-corrected chi connectivity index (χ0v) is 8.92. The third-order valence-corrected chi connectivity index (χ3v) is 2.29. The quantitative estimate of drug-likeness (QED) is 0.621. The average molecular weight is 230 g/mol. The van der Waals surface area contributed by atoms with Crippen molar-refractivity contribution in [3.63, 3.8) is 0 Å². The lowest BCUT2D eigenvalue weighted by atomic mass is 10.3. The van der Waals surface area contributed by atoms with Crippen LogP contribution in [0, 0.1) is 0 Å². The van der Waals surface area contributed by atoms with Crippen LogP contribution in [-0.4, -0.2) is 12.5 Å². The van der Waals surface area contributed by atoms with Crippen LogP contribution in [0.25, 0.3) is 0 Å². The highest BCUT2D eigenvalue weighted by atomic mass is 35.5. The van der Waals surface area contributed by atoms with Crippen LogP contribution in [0.5, 0.6) is 17.2 Å². The first-order valence-electron chi connectivity index (χ1n) is 4.82. The zero-order valence-electron chi connectivity index (χ0n) is 8.16. The molecule has 0 bridgehead atoms. The number of rotatable bonds is 5. The molecule has 0 radical (unpaired) electrons. The van der Waals surface area contributed by atoms with E-state index in [4.69, 9.17) is 26.0 Å². The summed E-state index contributed by atoms with van der Waals surface area (Å²) in [5.41, 5.74) is 2.33. The van der Waals surface area contributed by atoms with Crippen molar-refractivity contribution in [1.82, 2.24) is 5.64 Å². The summed E-state index contributed by atoms with van der Waals surface area (Å²) in [6.07, 6.45) is 1.88. The molecule has 0 spiro atoms. The molecule has 1 aromatic carbocycles. The molecule has 0 unspecified atom stereocenters. The summed E-state index contributed by atoms with van der Waals surface area (Å²) in [5, 5.41) is 0. The van der Waals surface area contributed by atoms with E-state index < -0.39 is 0 Å². The van der Waals surface area contributed by atoms with Gasteiger partial charge in [0.1, 0.15) is 0 Å². The van der Waals surface area contributed by atoms with Crippen molar-refractivity contribution in [2.45, 2.75) is 12.8 Å². The minimum absolute atomic E-state index is 0.600. The second-order valence-corrected chi connectivity index (χ2v) is 3.49. The number of unbranched alkanes of at least 4 members (excludes halogenated alkanes) is 1. The molecule has 1 N–H and O–H groups in total. The van der Waals surface area contributed by atoms with Crippen molar-refractivity contribution < 1.29 is 14.4 Å². The summed E-state index contributed by atoms with van der Waals surface area (Å²) in [6, 6.07) is 5.50. The number of para-hydroxylation sites is 1. The molecule has 1 aliphatic rings. The number of ether oxygens (including phenoxy) is 1. The number of nitrogens with one attached hydrogen (secondary N) is 1. The van der Waals surface area contributed by atoms with Crippen LogP contribution in [0.1, 0.15) is 12.8 Å². The highest BCUT2D eigenvalue weighted by Crippen LogP contribution is 2.38. The van der Waals surface area contributed by atoms with Crippen molar-refractivity contribution >= 4 is 11.6 Å². The first-order chi connectivity index (χ1) is 7.42. The van der Waals surface area contributed by atoms with Gasteiger partial charge in [0, 0.05) is 11.5 Å². The maximum Gasteiger partial charge on any atom is 0.237 e. The summed E-state index contributed by atoms with van der Waals surface area (Å²) in [6.45, 7) is 0.631. The van der Waals surface area contributed by atoms with Crippen LogP contribution < -0.4 is 20.1 Å². The Morgan fingerprint density at radius 2 is 2.20 bits per heavy atom. The fraction of sp³-hybridized carbons (Fsp3) is 0.400. The van der Waals surface area contributed by atoms with Gasteiger partial charge in [-0.3, -0.25) is 0 Å². The van der Waals surface area contributed by atoms with Gasteiger partial charge in [-0.2, -0.15) is 0 Å². The molecule has 0 aliphatic carbocycles. The van der Waals surface area contributed by atoms with Gasteiger partial charge in [-0.15, -0.1) is 11.6 Å². The van der Waals surface area contributed by atoms with Gasteiger partial charge in [-0.05, 0) is 25.0 Å². The Morgan fingerprint density at radius 3 is 3.07 bits per heavy atom. The maximum absolute atomic E-state index is 5.57. The number of halogens is 1. The van der Waals surface area contributed by atoms with Crippen LogP contribution in [0.4, 0.5) is 0 Å². The molecular formula is C10H12ClNO3. The largest absolute Gasteiger partial charge is 0.489 e. The third-order valence-electron chi connectivity index (χ3n) is 2.02. The van der Waals surface area contributed by atoms with Crippen molar-refractivity contribution in [3.05, 3.63) is 18.2 Å². The first-order valence-corrected chi connectivity index (χ1v) is 5.36. The average Bonchev–Trinajstić information content (AvgIpc) is 2.73. The minimum Gasteiger partial charge on any atom is -0.489 e. The lowest BCUT2D eigenvalue weighted by molar-refractivity contribution is 0.0244. The van der Waals surface area contributed by atoms with E-state index in [2.05, 4.69) is 5.64 Å². The molecule has 82 valence electrons. The topological polar surface area (TPSA) is 39.7 Å². The highest BCUT2D eigenvalue weighted by Gasteiger charge is 2.18. The lowest BCUT2D eigenvalue weighted by Gasteiger charge is -2.06. The monoisotopic (exact) mass is 229 g/mol. The van der Waals surface area contributed by atoms with Gasteiger partial charge in [-0.1, -0.05) is 6.07 Å². The van der Waals surface area contributed by atoms with E-state index in [1.165, 1.54) is 0 Å². The maximum atomic E-state index is 5.57. The van der Waals surface area contributed by atoms with Gasteiger partial charge in [0.25, 0.3) is 0 Å². The molecule has 0 fully saturated rings. The van der Waals surface area contributed by atoms with Gasteiger partial charge >= 0.3 is 0 Å². The third kappa shape index (κ3) is 2.46. The van der Waals surface area contributed by atoms with E-state index in [9.17, 15) is 0 Å². The Hall–Kier alpha value is -1.13. The number of hydrogen-bond donors (Lipinski definition) is 1. The van der Waals surface area contributed by atoms with E-state index >= 15 is 0 Å². The SMILES string of the molecule is ClCCCCOc1cccc2c1ONO2. The van der Waals surface area contributed by atoms with Crippen LogP contribution in [0.3, 0.4) is 0 Å². The minimum atomic E-state index is 0.600. The van der Waals surface area contributed by atoms with Crippen LogP contribution in [0.15, 0.2) is 18.2 Å². The molecule has 1 aliphatic heterocycles. The molecule has 5 heteroatoms.